The van der Waals surface area contributed by atoms with Crippen LogP contribution in [0.2, 0.25) is 0 Å². The van der Waals surface area contributed by atoms with E-state index in [2.05, 4.69) is 9.97 Å². The summed E-state index contributed by atoms with van der Waals surface area (Å²) in [5.41, 5.74) is 8.70. The highest BCUT2D eigenvalue weighted by Gasteiger charge is 2.24. The summed E-state index contributed by atoms with van der Waals surface area (Å²) in [5.74, 6) is 0.851. The molecule has 0 spiro atoms. The van der Waals surface area contributed by atoms with Crippen LogP contribution in [0.25, 0.3) is 10.9 Å². The summed E-state index contributed by atoms with van der Waals surface area (Å²) in [6, 6.07) is 11.1. The van der Waals surface area contributed by atoms with Crippen molar-refractivity contribution in [3.8, 4) is 0 Å². The van der Waals surface area contributed by atoms with E-state index in [9.17, 15) is 15.0 Å². The van der Waals surface area contributed by atoms with Crippen LogP contribution in [0, 0.1) is 0 Å². The van der Waals surface area contributed by atoms with Gasteiger partial charge in [0, 0.05) is 42.0 Å². The SMILES string of the molecule is CSc1ccc(C(=O)N2CCN(c3nc(N)c4cc(CO)c(CO)cc4n3)CC2)cc1. The summed E-state index contributed by atoms with van der Waals surface area (Å²) in [7, 11) is 0. The zero-order chi connectivity index (χ0) is 22.0. The minimum absolute atomic E-state index is 0.0235. The Hall–Kier alpha value is -2.88. The topological polar surface area (TPSA) is 116 Å². The first-order valence-electron chi connectivity index (χ1n) is 10.0. The number of carbonyl (C=O) groups is 1. The second-order valence-corrected chi connectivity index (χ2v) is 8.25. The molecular formula is C22H25N5O3S. The van der Waals surface area contributed by atoms with Gasteiger partial charge in [-0.25, -0.2) is 4.98 Å². The number of nitrogens with two attached hydrogens (primary N) is 1. The van der Waals surface area contributed by atoms with Gasteiger partial charge in [-0.15, -0.1) is 11.8 Å². The molecule has 0 atom stereocenters. The third-order valence-electron chi connectivity index (χ3n) is 5.56. The fraction of sp³-hybridized carbons (Fsp3) is 0.318. The molecule has 1 saturated heterocycles. The summed E-state index contributed by atoms with van der Waals surface area (Å²) >= 11 is 1.65. The van der Waals surface area contributed by atoms with Gasteiger partial charge in [-0.3, -0.25) is 4.79 Å². The smallest absolute Gasteiger partial charge is 0.253 e. The van der Waals surface area contributed by atoms with E-state index in [0.717, 1.165) is 4.90 Å². The van der Waals surface area contributed by atoms with Crippen molar-refractivity contribution in [2.24, 2.45) is 0 Å². The van der Waals surface area contributed by atoms with Crippen LogP contribution in [-0.4, -0.2) is 63.4 Å². The highest BCUT2D eigenvalue weighted by atomic mass is 32.2. The number of carbonyl (C=O) groups excluding carboxylic acids is 1. The summed E-state index contributed by atoms with van der Waals surface area (Å²) < 4.78 is 0. The van der Waals surface area contributed by atoms with Crippen molar-refractivity contribution in [3.05, 3.63) is 53.1 Å². The minimum Gasteiger partial charge on any atom is -0.392 e. The van der Waals surface area contributed by atoms with Gasteiger partial charge in [-0.2, -0.15) is 4.98 Å². The van der Waals surface area contributed by atoms with Gasteiger partial charge < -0.3 is 25.7 Å². The first kappa shape index (κ1) is 21.4. The van der Waals surface area contributed by atoms with Crippen molar-refractivity contribution in [1.29, 1.82) is 0 Å². The summed E-state index contributed by atoms with van der Waals surface area (Å²) in [4.78, 5) is 26.9. The molecule has 2 aromatic carbocycles. The molecule has 4 N–H and O–H groups in total. The van der Waals surface area contributed by atoms with E-state index in [1.54, 1.807) is 23.9 Å². The number of aliphatic hydroxyl groups is 2. The van der Waals surface area contributed by atoms with Gasteiger partial charge in [0.2, 0.25) is 5.95 Å². The van der Waals surface area contributed by atoms with Crippen molar-refractivity contribution in [3.63, 3.8) is 0 Å². The van der Waals surface area contributed by atoms with Gasteiger partial charge in [0.05, 0.1) is 18.7 Å². The fourth-order valence-electron chi connectivity index (χ4n) is 3.74. The van der Waals surface area contributed by atoms with Crippen LogP contribution in [-0.2, 0) is 13.2 Å². The molecule has 0 aliphatic carbocycles. The molecule has 4 rings (SSSR count). The maximum Gasteiger partial charge on any atom is 0.253 e. The number of nitrogens with zero attached hydrogens (tertiary/aromatic N) is 4. The predicted octanol–water partition coefficient (Wildman–Crippen LogP) is 1.88. The van der Waals surface area contributed by atoms with Crippen molar-refractivity contribution in [1.82, 2.24) is 14.9 Å². The van der Waals surface area contributed by atoms with Crippen LogP contribution in [0.15, 0.2) is 41.3 Å². The normalized spacial score (nSPS) is 14.3. The molecule has 162 valence electrons. The highest BCUT2D eigenvalue weighted by molar-refractivity contribution is 7.98. The number of hydrogen-bond donors (Lipinski definition) is 3. The Balaban J connectivity index is 1.50. The van der Waals surface area contributed by atoms with Gasteiger partial charge in [0.15, 0.2) is 0 Å². The number of aliphatic hydroxyl groups excluding tert-OH is 2. The molecule has 0 bridgehead atoms. The number of anilines is 2. The number of fused-ring (bicyclic) bond motifs is 1. The Kier molecular flexibility index (Phi) is 6.26. The number of hydrogen-bond acceptors (Lipinski definition) is 8. The van der Waals surface area contributed by atoms with Crippen LogP contribution in [0.1, 0.15) is 21.5 Å². The van der Waals surface area contributed by atoms with Crippen molar-refractivity contribution in [2.75, 3.05) is 43.1 Å². The molecule has 0 unspecified atom stereocenters. The lowest BCUT2D eigenvalue weighted by molar-refractivity contribution is 0.0746. The molecular weight excluding hydrogens is 414 g/mol. The Morgan fingerprint density at radius 1 is 1.03 bits per heavy atom. The van der Waals surface area contributed by atoms with Crippen LogP contribution in [0.3, 0.4) is 0 Å². The van der Waals surface area contributed by atoms with Crippen molar-refractivity contribution < 1.29 is 15.0 Å². The number of aromatic nitrogens is 2. The van der Waals surface area contributed by atoms with Crippen molar-refractivity contribution >= 4 is 40.3 Å². The predicted molar refractivity (Wildman–Crippen MR) is 122 cm³/mol. The number of thioether (sulfide) groups is 1. The van der Waals surface area contributed by atoms with Crippen LogP contribution < -0.4 is 10.6 Å². The Labute approximate surface area is 184 Å². The number of rotatable bonds is 5. The summed E-state index contributed by atoms with van der Waals surface area (Å²) in [5, 5.41) is 19.7. The molecule has 1 aliphatic heterocycles. The maximum atomic E-state index is 12.8. The molecule has 1 aromatic heterocycles. The molecule has 1 fully saturated rings. The molecule has 1 aliphatic rings. The van der Waals surface area contributed by atoms with Gasteiger partial charge in [-0.1, -0.05) is 0 Å². The quantitative estimate of drug-likeness (QED) is 0.516. The first-order chi connectivity index (χ1) is 15.0. The number of nitrogen functional groups attached to an aromatic ring is 1. The Morgan fingerprint density at radius 2 is 1.68 bits per heavy atom. The molecule has 0 saturated carbocycles. The van der Waals surface area contributed by atoms with E-state index < -0.39 is 0 Å². The summed E-state index contributed by atoms with van der Waals surface area (Å²) in [6.07, 6.45) is 2.01. The first-order valence-corrected chi connectivity index (χ1v) is 11.3. The molecule has 1 amide bonds. The lowest BCUT2D eigenvalue weighted by Gasteiger charge is -2.35. The third-order valence-corrected chi connectivity index (χ3v) is 6.31. The van der Waals surface area contributed by atoms with E-state index in [4.69, 9.17) is 5.73 Å². The Morgan fingerprint density at radius 3 is 2.29 bits per heavy atom. The average Bonchev–Trinajstić information content (AvgIpc) is 2.82. The molecule has 8 nitrogen and oxygen atoms in total. The largest absolute Gasteiger partial charge is 0.392 e. The van der Waals surface area contributed by atoms with Gasteiger partial charge in [0.1, 0.15) is 5.82 Å². The monoisotopic (exact) mass is 439 g/mol. The number of amides is 1. The second-order valence-electron chi connectivity index (χ2n) is 7.37. The zero-order valence-electron chi connectivity index (χ0n) is 17.3. The lowest BCUT2D eigenvalue weighted by atomic mass is 10.1. The lowest BCUT2D eigenvalue weighted by Crippen LogP contribution is -2.49. The molecule has 3 aromatic rings. The van der Waals surface area contributed by atoms with Gasteiger partial charge >= 0.3 is 0 Å². The van der Waals surface area contributed by atoms with E-state index in [1.807, 2.05) is 40.3 Å². The molecule has 2 heterocycles. The van der Waals surface area contributed by atoms with E-state index >= 15 is 0 Å². The van der Waals surface area contributed by atoms with E-state index in [0.29, 0.717) is 65.5 Å². The molecule has 9 heteroatoms. The van der Waals surface area contributed by atoms with Gasteiger partial charge in [-0.05, 0) is 53.8 Å². The standard InChI is InChI=1S/C22H25N5O3S/c1-31-17-4-2-14(3-5-17)21(30)26-6-8-27(9-7-26)22-24-19-11-16(13-29)15(12-28)10-18(19)20(23)25-22/h2-5,10-11,28-29H,6-9,12-13H2,1H3,(H2,23,24,25). The van der Waals surface area contributed by atoms with Gasteiger partial charge in [0.25, 0.3) is 5.91 Å². The summed E-state index contributed by atoms with van der Waals surface area (Å²) in [6.45, 7) is 1.95. The van der Waals surface area contributed by atoms with Crippen LogP contribution >= 0.6 is 11.8 Å². The molecule has 31 heavy (non-hydrogen) atoms. The maximum absolute atomic E-state index is 12.8. The minimum atomic E-state index is -0.191. The third kappa shape index (κ3) is 4.30. The fourth-order valence-corrected chi connectivity index (χ4v) is 4.14. The second kappa shape index (κ2) is 9.09. The van der Waals surface area contributed by atoms with Crippen LogP contribution in [0.5, 0.6) is 0 Å². The average molecular weight is 440 g/mol. The molecule has 0 radical (unpaired) electrons. The highest BCUT2D eigenvalue weighted by Crippen LogP contribution is 2.26. The number of benzene rings is 2. The zero-order valence-corrected chi connectivity index (χ0v) is 18.1. The van der Waals surface area contributed by atoms with E-state index in [1.165, 1.54) is 0 Å². The van der Waals surface area contributed by atoms with Crippen LogP contribution in [0.4, 0.5) is 11.8 Å². The van der Waals surface area contributed by atoms with Crippen molar-refractivity contribution in [2.45, 2.75) is 18.1 Å². The number of piperazine rings is 1. The van der Waals surface area contributed by atoms with E-state index in [-0.39, 0.29) is 19.1 Å². The Bertz CT molecular complexity index is 1100.